The van der Waals surface area contributed by atoms with E-state index in [1.165, 1.54) is 25.3 Å². The number of rotatable bonds is 6. The van der Waals surface area contributed by atoms with Crippen LogP contribution < -0.4 is 13.4 Å². The molecule has 0 unspecified atom stereocenters. The normalized spacial score (nSPS) is 10.9. The van der Waals surface area contributed by atoms with Crippen molar-refractivity contribution in [3.8, 4) is 5.75 Å². The molecule has 0 bridgehead atoms. The van der Waals surface area contributed by atoms with Gasteiger partial charge in [0.25, 0.3) is 15.9 Å². The molecule has 3 aromatic carbocycles. The van der Waals surface area contributed by atoms with E-state index < -0.39 is 15.9 Å². The minimum atomic E-state index is -3.88. The van der Waals surface area contributed by atoms with Crippen LogP contribution in [0.15, 0.2) is 83.8 Å². The van der Waals surface area contributed by atoms with Gasteiger partial charge in [0, 0.05) is 17.3 Å². The lowest BCUT2D eigenvalue weighted by Gasteiger charge is -2.17. The van der Waals surface area contributed by atoms with Gasteiger partial charge in [0.15, 0.2) is 0 Å². The molecule has 0 aliphatic carbocycles. The van der Waals surface area contributed by atoms with Crippen molar-refractivity contribution in [3.05, 3.63) is 84.4 Å². The number of anilines is 2. The number of sulfonamides is 1. The van der Waals surface area contributed by atoms with Crippen LogP contribution in [0.4, 0.5) is 11.4 Å². The van der Waals surface area contributed by atoms with Crippen LogP contribution in [0.2, 0.25) is 0 Å². The van der Waals surface area contributed by atoms with Crippen molar-refractivity contribution in [2.24, 2.45) is 0 Å². The van der Waals surface area contributed by atoms with Gasteiger partial charge in [0.1, 0.15) is 5.75 Å². The molecule has 0 aliphatic heterocycles. The Balaban J connectivity index is 1.86. The fourth-order valence-electron chi connectivity index (χ4n) is 2.48. The molecule has 0 atom stereocenters. The number of halogens is 1. The monoisotopic (exact) mass is 460 g/mol. The molecule has 0 saturated heterocycles. The molecule has 3 rings (SSSR count). The predicted molar refractivity (Wildman–Crippen MR) is 112 cm³/mol. The van der Waals surface area contributed by atoms with Crippen molar-refractivity contribution in [2.75, 3.05) is 15.8 Å². The van der Waals surface area contributed by atoms with Crippen molar-refractivity contribution in [2.45, 2.75) is 4.90 Å². The topological polar surface area (TPSA) is 75.7 Å². The van der Waals surface area contributed by atoms with Gasteiger partial charge in [-0.05, 0) is 42.5 Å². The summed E-state index contributed by atoms with van der Waals surface area (Å²) < 4.78 is 31.9. The number of nitrogens with one attached hydrogen (secondary N) is 1. The maximum Gasteiger partial charge on any atom is 0.273 e. The first-order valence-corrected chi connectivity index (χ1v) is 10.4. The molecule has 3 aromatic rings. The van der Waals surface area contributed by atoms with Crippen LogP contribution in [0.1, 0.15) is 10.4 Å². The average molecular weight is 461 g/mol. The van der Waals surface area contributed by atoms with E-state index in [0.717, 1.165) is 3.33 Å². The molecule has 0 aromatic heterocycles. The number of carbonyl (C=O) groups is 1. The first-order valence-electron chi connectivity index (χ1n) is 8.23. The van der Waals surface area contributed by atoms with Crippen LogP contribution in [0.3, 0.4) is 0 Å². The van der Waals surface area contributed by atoms with Crippen LogP contribution in [-0.4, -0.2) is 21.4 Å². The lowest BCUT2D eigenvalue weighted by atomic mass is 10.2. The molecular formula is C20H17BrN2O4S. The first-order chi connectivity index (χ1) is 13.4. The molecule has 1 N–H and O–H groups in total. The van der Waals surface area contributed by atoms with E-state index in [4.69, 9.17) is 4.74 Å². The largest absolute Gasteiger partial charge is 0.497 e. The van der Waals surface area contributed by atoms with Crippen LogP contribution in [0.5, 0.6) is 5.75 Å². The Morgan fingerprint density at radius 1 is 0.964 bits per heavy atom. The summed E-state index contributed by atoms with van der Waals surface area (Å²) in [6.07, 6.45) is 0. The highest BCUT2D eigenvalue weighted by Gasteiger charge is 2.24. The molecule has 6 nitrogen and oxygen atoms in total. The SMILES string of the molecule is COc1cccc(NC(=O)c2cccc(S(=O)(=O)N(Br)c3ccccc3)c2)c1. The predicted octanol–water partition coefficient (Wildman–Crippen LogP) is 4.45. The van der Waals surface area contributed by atoms with Crippen LogP contribution in [-0.2, 0) is 10.0 Å². The van der Waals surface area contributed by atoms with Crippen molar-refractivity contribution in [1.82, 2.24) is 0 Å². The number of hydrogen-bond donors (Lipinski definition) is 1. The molecule has 8 heteroatoms. The van der Waals surface area contributed by atoms with Gasteiger partial charge in [-0.1, -0.05) is 30.3 Å². The standard InChI is InChI=1S/C20H17BrN2O4S/c1-27-18-11-6-8-16(14-18)22-20(24)15-7-5-12-19(13-15)28(25,26)23(21)17-9-3-2-4-10-17/h2-14H,1H3,(H,22,24). The molecule has 0 fully saturated rings. The number of ether oxygens (including phenoxy) is 1. The third kappa shape index (κ3) is 4.35. The Kier molecular flexibility index (Phi) is 6.01. The smallest absolute Gasteiger partial charge is 0.273 e. The van der Waals surface area contributed by atoms with Crippen molar-refractivity contribution in [1.29, 1.82) is 0 Å². The lowest BCUT2D eigenvalue weighted by Crippen LogP contribution is -2.21. The van der Waals surface area contributed by atoms with E-state index in [2.05, 4.69) is 21.5 Å². The Labute approximate surface area is 172 Å². The van der Waals surface area contributed by atoms with Crippen LogP contribution in [0, 0.1) is 0 Å². The van der Waals surface area contributed by atoms with Crippen molar-refractivity contribution >= 4 is 43.5 Å². The van der Waals surface area contributed by atoms with Crippen molar-refractivity contribution < 1.29 is 17.9 Å². The molecule has 0 aliphatic rings. The van der Waals surface area contributed by atoms with Gasteiger partial charge in [0.2, 0.25) is 0 Å². The van der Waals surface area contributed by atoms with E-state index >= 15 is 0 Å². The average Bonchev–Trinajstić information content (AvgIpc) is 2.74. The van der Waals surface area contributed by atoms with E-state index in [-0.39, 0.29) is 10.5 Å². The second kappa shape index (κ2) is 8.45. The highest BCUT2D eigenvalue weighted by molar-refractivity contribution is 9.11. The summed E-state index contributed by atoms with van der Waals surface area (Å²) in [5.74, 6) is 0.179. The summed E-state index contributed by atoms with van der Waals surface area (Å²) in [5.41, 5.74) is 1.22. The van der Waals surface area contributed by atoms with Gasteiger partial charge in [-0.15, -0.1) is 0 Å². The van der Waals surface area contributed by atoms with Gasteiger partial charge in [-0.2, -0.15) is 3.33 Å². The van der Waals surface area contributed by atoms with Gasteiger partial charge >= 0.3 is 0 Å². The number of carbonyl (C=O) groups excluding carboxylic acids is 1. The second-order valence-electron chi connectivity index (χ2n) is 5.77. The quantitative estimate of drug-likeness (QED) is 0.551. The van der Waals surface area contributed by atoms with E-state index in [1.807, 2.05) is 0 Å². The highest BCUT2D eigenvalue weighted by Crippen LogP contribution is 2.27. The molecular weight excluding hydrogens is 444 g/mol. The van der Waals surface area contributed by atoms with Gasteiger partial charge in [0.05, 0.1) is 33.8 Å². The Morgan fingerprint density at radius 2 is 1.68 bits per heavy atom. The lowest BCUT2D eigenvalue weighted by molar-refractivity contribution is 0.102. The zero-order chi connectivity index (χ0) is 20.1. The van der Waals surface area contributed by atoms with Gasteiger partial charge in [-0.25, -0.2) is 8.42 Å². The number of methoxy groups -OCH3 is 1. The summed E-state index contributed by atoms with van der Waals surface area (Å²) in [6.45, 7) is 0. The van der Waals surface area contributed by atoms with Crippen LogP contribution in [0.25, 0.3) is 0 Å². The zero-order valence-corrected chi connectivity index (χ0v) is 17.3. The second-order valence-corrected chi connectivity index (χ2v) is 8.73. The molecule has 0 saturated carbocycles. The minimum Gasteiger partial charge on any atom is -0.497 e. The third-order valence-corrected chi connectivity index (χ3v) is 6.93. The Bertz CT molecular complexity index is 1090. The Hall–Kier alpha value is -2.84. The number of amides is 1. The maximum absolute atomic E-state index is 12.9. The number of hydrogen-bond acceptors (Lipinski definition) is 4. The van der Waals surface area contributed by atoms with E-state index in [1.54, 1.807) is 60.7 Å². The number of nitrogens with zero attached hydrogens (tertiary/aromatic N) is 1. The maximum atomic E-state index is 12.9. The third-order valence-electron chi connectivity index (χ3n) is 3.89. The van der Waals surface area contributed by atoms with Crippen LogP contribution >= 0.6 is 16.1 Å². The number of para-hydroxylation sites is 1. The first kappa shape index (κ1) is 19.9. The molecule has 1 amide bonds. The fraction of sp³-hybridized carbons (Fsp3) is 0.0500. The summed E-state index contributed by atoms with van der Waals surface area (Å²) in [5, 5.41) is 2.73. The zero-order valence-electron chi connectivity index (χ0n) is 14.9. The molecule has 0 heterocycles. The molecule has 0 spiro atoms. The molecule has 28 heavy (non-hydrogen) atoms. The summed E-state index contributed by atoms with van der Waals surface area (Å²) in [4.78, 5) is 12.6. The Morgan fingerprint density at radius 3 is 2.39 bits per heavy atom. The van der Waals surface area contributed by atoms with Crippen molar-refractivity contribution in [3.63, 3.8) is 0 Å². The fourth-order valence-corrected chi connectivity index (χ4v) is 4.33. The van der Waals surface area contributed by atoms with Gasteiger partial charge in [-0.3, -0.25) is 4.79 Å². The van der Waals surface area contributed by atoms with E-state index in [0.29, 0.717) is 17.1 Å². The minimum absolute atomic E-state index is 0.00785. The van der Waals surface area contributed by atoms with E-state index in [9.17, 15) is 13.2 Å². The highest BCUT2D eigenvalue weighted by atomic mass is 79.9. The molecule has 144 valence electrons. The summed E-state index contributed by atoms with van der Waals surface area (Å²) >= 11 is 3.11. The molecule has 0 radical (unpaired) electrons. The summed E-state index contributed by atoms with van der Waals surface area (Å²) in [6, 6.07) is 21.3. The summed E-state index contributed by atoms with van der Waals surface area (Å²) in [7, 11) is -2.35. The van der Waals surface area contributed by atoms with Gasteiger partial charge < -0.3 is 10.1 Å². The number of benzene rings is 3.